The molecular weight excluding hydrogens is 439 g/mol. The van der Waals surface area contributed by atoms with Crippen LogP contribution in [0.4, 0.5) is 4.39 Å². The molecule has 2 aromatic carbocycles. The number of ether oxygens (including phenoxy) is 1. The lowest BCUT2D eigenvalue weighted by molar-refractivity contribution is 0.0449. The minimum atomic E-state index is -0.386. The van der Waals surface area contributed by atoms with Crippen LogP contribution in [-0.4, -0.2) is 28.2 Å². The predicted molar refractivity (Wildman–Crippen MR) is 128 cm³/mol. The molecule has 7 heteroatoms. The van der Waals surface area contributed by atoms with Crippen LogP contribution in [0.3, 0.4) is 0 Å². The second kappa shape index (κ2) is 7.97. The highest BCUT2D eigenvalue weighted by atomic mass is 35.5. The zero-order valence-electron chi connectivity index (χ0n) is 18.4. The molecule has 4 aromatic rings. The maximum atomic E-state index is 13.4. The van der Waals surface area contributed by atoms with E-state index in [1.165, 1.54) is 28.8 Å². The first-order valence-corrected chi connectivity index (χ1v) is 11.9. The molecule has 1 fully saturated rings. The van der Waals surface area contributed by atoms with Gasteiger partial charge in [-0.1, -0.05) is 17.7 Å². The number of benzene rings is 2. The summed E-state index contributed by atoms with van der Waals surface area (Å²) in [5, 5.41) is 5.89. The summed E-state index contributed by atoms with van der Waals surface area (Å²) in [6, 6.07) is 12.7. The van der Waals surface area contributed by atoms with Crippen molar-refractivity contribution in [3.05, 3.63) is 76.6 Å². The second-order valence-electron chi connectivity index (χ2n) is 9.43. The standard InChI is InChI=1S/C26H26ClFN4O/c1-26(25-29-14-22(31-25)15-2-5-18(28)6-3-15)13-20-19-7-4-17(27)12-21(19)30-24(20)23(32-26)16-8-10-33-11-9-16/h2-7,12,14,16,23,30,32H,8-11,13H2,1H3,(H,29,31). The smallest absolute Gasteiger partial charge is 0.127 e. The molecule has 6 rings (SSSR count). The van der Waals surface area contributed by atoms with Crippen molar-refractivity contribution in [2.45, 2.75) is 37.8 Å². The van der Waals surface area contributed by atoms with Crippen LogP contribution >= 0.6 is 11.6 Å². The molecule has 0 spiro atoms. The monoisotopic (exact) mass is 464 g/mol. The van der Waals surface area contributed by atoms with Gasteiger partial charge in [-0.05, 0) is 74.1 Å². The van der Waals surface area contributed by atoms with Gasteiger partial charge in [-0.3, -0.25) is 5.32 Å². The Morgan fingerprint density at radius 2 is 1.91 bits per heavy atom. The highest BCUT2D eigenvalue weighted by Gasteiger charge is 2.43. The van der Waals surface area contributed by atoms with Crippen molar-refractivity contribution in [3.63, 3.8) is 0 Å². The number of aromatic nitrogens is 3. The molecule has 0 amide bonds. The van der Waals surface area contributed by atoms with E-state index in [4.69, 9.17) is 21.3 Å². The van der Waals surface area contributed by atoms with Gasteiger partial charge in [0.1, 0.15) is 11.6 Å². The molecule has 3 N–H and O–H groups in total. The molecule has 2 atom stereocenters. The summed E-state index contributed by atoms with van der Waals surface area (Å²) >= 11 is 6.30. The first-order chi connectivity index (χ1) is 16.0. The Morgan fingerprint density at radius 3 is 2.70 bits per heavy atom. The highest BCUT2D eigenvalue weighted by molar-refractivity contribution is 6.31. The van der Waals surface area contributed by atoms with Gasteiger partial charge in [0.05, 0.1) is 17.3 Å². The van der Waals surface area contributed by atoms with Crippen molar-refractivity contribution in [2.75, 3.05) is 13.2 Å². The molecule has 1 saturated heterocycles. The predicted octanol–water partition coefficient (Wildman–Crippen LogP) is 5.88. The Bertz CT molecular complexity index is 1310. The average Bonchev–Trinajstić information content (AvgIpc) is 3.45. The molecule has 5 nitrogen and oxygen atoms in total. The fraction of sp³-hybridized carbons (Fsp3) is 0.346. The Balaban J connectivity index is 1.43. The number of H-pyrrole nitrogens is 2. The molecule has 0 aliphatic carbocycles. The van der Waals surface area contributed by atoms with Crippen LogP contribution in [0.1, 0.15) is 42.9 Å². The number of imidazole rings is 1. The number of halogens is 2. The van der Waals surface area contributed by atoms with Crippen molar-refractivity contribution < 1.29 is 9.13 Å². The molecule has 2 aliphatic heterocycles. The van der Waals surface area contributed by atoms with Gasteiger partial charge in [0.15, 0.2) is 0 Å². The van der Waals surface area contributed by atoms with Gasteiger partial charge < -0.3 is 14.7 Å². The third-order valence-electron chi connectivity index (χ3n) is 7.19. The molecule has 0 saturated carbocycles. The minimum absolute atomic E-state index is 0.160. The first kappa shape index (κ1) is 20.9. The van der Waals surface area contributed by atoms with Crippen LogP contribution in [-0.2, 0) is 16.7 Å². The maximum Gasteiger partial charge on any atom is 0.127 e. The van der Waals surface area contributed by atoms with Gasteiger partial charge in [0, 0.05) is 46.6 Å². The van der Waals surface area contributed by atoms with E-state index < -0.39 is 0 Å². The molecular formula is C26H26ClFN4O. The summed E-state index contributed by atoms with van der Waals surface area (Å²) < 4.78 is 19.0. The average molecular weight is 465 g/mol. The quantitative estimate of drug-likeness (QED) is 0.354. The lowest BCUT2D eigenvalue weighted by Gasteiger charge is -2.42. The van der Waals surface area contributed by atoms with Gasteiger partial charge in [-0.2, -0.15) is 0 Å². The zero-order valence-corrected chi connectivity index (χ0v) is 19.2. The number of rotatable bonds is 3. The highest BCUT2D eigenvalue weighted by Crippen LogP contribution is 2.44. The minimum Gasteiger partial charge on any atom is -0.381 e. The SMILES string of the molecule is CC1(c2nc(-c3ccc(F)cc3)c[nH]2)Cc2c([nH]c3cc(Cl)ccc23)C(C2CCOCC2)N1. The second-order valence-corrected chi connectivity index (χ2v) is 9.87. The number of hydrogen-bond donors (Lipinski definition) is 3. The fourth-order valence-electron chi connectivity index (χ4n) is 5.45. The van der Waals surface area contributed by atoms with Crippen LogP contribution in [0.25, 0.3) is 22.2 Å². The lowest BCUT2D eigenvalue weighted by atomic mass is 9.78. The number of hydrogen-bond acceptors (Lipinski definition) is 3. The van der Waals surface area contributed by atoms with Crippen molar-refractivity contribution >= 4 is 22.5 Å². The van der Waals surface area contributed by atoms with Gasteiger partial charge in [-0.25, -0.2) is 9.37 Å². The van der Waals surface area contributed by atoms with Crippen LogP contribution in [0.2, 0.25) is 5.02 Å². The Kier molecular flexibility index (Phi) is 5.05. The van der Waals surface area contributed by atoms with Gasteiger partial charge in [0.25, 0.3) is 0 Å². The van der Waals surface area contributed by atoms with Crippen LogP contribution in [0.15, 0.2) is 48.7 Å². The maximum absolute atomic E-state index is 13.4. The molecule has 0 bridgehead atoms. The Labute approximate surface area is 196 Å². The van der Waals surface area contributed by atoms with E-state index >= 15 is 0 Å². The number of aromatic amines is 2. The van der Waals surface area contributed by atoms with Crippen molar-refractivity contribution in [2.24, 2.45) is 5.92 Å². The normalized spacial score (nSPS) is 23.7. The topological polar surface area (TPSA) is 65.7 Å². The molecule has 2 aliphatic rings. The number of nitrogens with one attached hydrogen (secondary N) is 3. The van der Waals surface area contributed by atoms with E-state index in [0.717, 1.165) is 60.1 Å². The van der Waals surface area contributed by atoms with Crippen molar-refractivity contribution in [1.82, 2.24) is 20.3 Å². The molecule has 2 unspecified atom stereocenters. The zero-order chi connectivity index (χ0) is 22.6. The van der Waals surface area contributed by atoms with E-state index in [2.05, 4.69) is 28.3 Å². The molecule has 4 heterocycles. The Morgan fingerprint density at radius 1 is 1.12 bits per heavy atom. The van der Waals surface area contributed by atoms with Crippen molar-refractivity contribution in [1.29, 1.82) is 0 Å². The van der Waals surface area contributed by atoms with Gasteiger partial charge in [0.2, 0.25) is 0 Å². The van der Waals surface area contributed by atoms with E-state index in [0.29, 0.717) is 5.92 Å². The van der Waals surface area contributed by atoms with E-state index in [1.807, 2.05) is 18.3 Å². The van der Waals surface area contributed by atoms with Gasteiger partial charge in [-0.15, -0.1) is 0 Å². The van der Waals surface area contributed by atoms with Gasteiger partial charge >= 0.3 is 0 Å². The fourth-order valence-corrected chi connectivity index (χ4v) is 5.62. The third-order valence-corrected chi connectivity index (χ3v) is 7.43. The summed E-state index contributed by atoms with van der Waals surface area (Å²) in [4.78, 5) is 12.0. The number of fused-ring (bicyclic) bond motifs is 3. The lowest BCUT2D eigenvalue weighted by Crippen LogP contribution is -2.50. The summed E-state index contributed by atoms with van der Waals surface area (Å²) in [7, 11) is 0. The first-order valence-electron chi connectivity index (χ1n) is 11.5. The molecule has 2 aromatic heterocycles. The summed E-state index contributed by atoms with van der Waals surface area (Å²) in [5.41, 5.74) is 4.96. The molecule has 33 heavy (non-hydrogen) atoms. The summed E-state index contributed by atoms with van der Waals surface area (Å²) in [5.74, 6) is 1.10. The van der Waals surface area contributed by atoms with Crippen molar-refractivity contribution in [3.8, 4) is 11.3 Å². The third kappa shape index (κ3) is 3.66. The molecule has 170 valence electrons. The van der Waals surface area contributed by atoms with E-state index in [1.54, 1.807) is 12.1 Å². The summed E-state index contributed by atoms with van der Waals surface area (Å²) in [6.07, 6.45) is 4.73. The van der Waals surface area contributed by atoms with Crippen LogP contribution in [0, 0.1) is 11.7 Å². The summed E-state index contributed by atoms with van der Waals surface area (Å²) in [6.45, 7) is 3.79. The largest absolute Gasteiger partial charge is 0.381 e. The van der Waals surface area contributed by atoms with E-state index in [9.17, 15) is 4.39 Å². The van der Waals surface area contributed by atoms with Crippen LogP contribution in [0.5, 0.6) is 0 Å². The van der Waals surface area contributed by atoms with Crippen LogP contribution < -0.4 is 5.32 Å². The van der Waals surface area contributed by atoms with E-state index in [-0.39, 0.29) is 17.4 Å². The molecule has 0 radical (unpaired) electrons. The Hall–Kier alpha value is -2.67. The number of nitrogens with zero attached hydrogens (tertiary/aromatic N) is 1.